The Hall–Kier alpha value is -1.20. The fourth-order valence-corrected chi connectivity index (χ4v) is 1.97. The first-order chi connectivity index (χ1) is 7.79. The Balaban J connectivity index is 2.06. The second kappa shape index (κ2) is 5.23. The smallest absolute Gasteiger partial charge is 0.277 e. The topological polar surface area (TPSA) is 70.1 Å². The minimum atomic E-state index is -0.217. The first-order valence-corrected chi connectivity index (χ1v) is 5.62. The van der Waals surface area contributed by atoms with Crippen molar-refractivity contribution in [3.05, 3.63) is 28.4 Å². The van der Waals surface area contributed by atoms with Gasteiger partial charge in [-0.05, 0) is 18.8 Å². The summed E-state index contributed by atoms with van der Waals surface area (Å²) in [6.07, 6.45) is 5.55. The molecule has 5 nitrogen and oxygen atoms in total. The summed E-state index contributed by atoms with van der Waals surface area (Å²) >= 11 is 0. The molecule has 2 N–H and O–H groups in total. The van der Waals surface area contributed by atoms with Crippen molar-refractivity contribution in [1.82, 2.24) is 9.55 Å². The van der Waals surface area contributed by atoms with Crippen molar-refractivity contribution in [2.75, 3.05) is 13.2 Å². The van der Waals surface area contributed by atoms with Crippen molar-refractivity contribution in [3.63, 3.8) is 0 Å². The summed E-state index contributed by atoms with van der Waals surface area (Å²) < 4.78 is 7.26. The predicted octanol–water partition coefficient (Wildman–Crippen LogP) is 0.129. The highest BCUT2D eigenvalue weighted by atomic mass is 16.5. The van der Waals surface area contributed by atoms with Gasteiger partial charge in [-0.25, -0.2) is 0 Å². The van der Waals surface area contributed by atoms with Crippen LogP contribution in [0.15, 0.2) is 17.3 Å². The largest absolute Gasteiger partial charge is 0.381 e. The van der Waals surface area contributed by atoms with Crippen LogP contribution in [0.3, 0.4) is 0 Å². The molecule has 0 spiro atoms. The SMILES string of the molecule is NCc1cn(CC2CCOCC2)cnc1=O. The van der Waals surface area contributed by atoms with Crippen LogP contribution in [0, 0.1) is 5.92 Å². The Morgan fingerprint density at radius 2 is 2.25 bits per heavy atom. The summed E-state index contributed by atoms with van der Waals surface area (Å²) in [5.74, 6) is 0.615. The Morgan fingerprint density at radius 3 is 2.94 bits per heavy atom. The van der Waals surface area contributed by atoms with Gasteiger partial charge in [-0.15, -0.1) is 0 Å². The Bertz CT molecular complexity index is 396. The van der Waals surface area contributed by atoms with E-state index in [1.807, 2.05) is 10.8 Å². The number of nitrogens with two attached hydrogens (primary N) is 1. The summed E-state index contributed by atoms with van der Waals surface area (Å²) in [5, 5.41) is 0. The van der Waals surface area contributed by atoms with Crippen LogP contribution in [0.1, 0.15) is 18.4 Å². The molecule has 1 aliphatic heterocycles. The summed E-state index contributed by atoms with van der Waals surface area (Å²) in [6.45, 7) is 2.81. The second-order valence-corrected chi connectivity index (χ2v) is 4.16. The van der Waals surface area contributed by atoms with E-state index in [1.54, 1.807) is 6.33 Å². The van der Waals surface area contributed by atoms with Gasteiger partial charge in [-0.3, -0.25) is 4.79 Å². The molecule has 0 saturated carbocycles. The summed E-state index contributed by atoms with van der Waals surface area (Å²) in [6, 6.07) is 0. The lowest BCUT2D eigenvalue weighted by atomic mass is 10.0. The van der Waals surface area contributed by atoms with Crippen LogP contribution in [-0.4, -0.2) is 22.8 Å². The second-order valence-electron chi connectivity index (χ2n) is 4.16. The highest BCUT2D eigenvalue weighted by molar-refractivity contribution is 5.03. The van der Waals surface area contributed by atoms with Crippen LogP contribution in [-0.2, 0) is 17.8 Å². The number of aromatic nitrogens is 2. The normalized spacial score (nSPS) is 17.6. The monoisotopic (exact) mass is 223 g/mol. The Morgan fingerprint density at radius 1 is 1.50 bits per heavy atom. The number of nitrogens with zero attached hydrogens (tertiary/aromatic N) is 2. The van der Waals surface area contributed by atoms with Gasteiger partial charge in [0.15, 0.2) is 0 Å². The summed E-state index contributed by atoms with van der Waals surface area (Å²) in [5.41, 5.74) is 5.84. The zero-order valence-corrected chi connectivity index (χ0v) is 9.26. The van der Waals surface area contributed by atoms with E-state index in [2.05, 4.69) is 4.98 Å². The Kier molecular flexibility index (Phi) is 3.69. The van der Waals surface area contributed by atoms with E-state index in [0.717, 1.165) is 32.6 Å². The van der Waals surface area contributed by atoms with E-state index in [4.69, 9.17) is 10.5 Å². The van der Waals surface area contributed by atoms with E-state index >= 15 is 0 Å². The molecule has 0 radical (unpaired) electrons. The average molecular weight is 223 g/mol. The van der Waals surface area contributed by atoms with Crippen LogP contribution in [0.2, 0.25) is 0 Å². The Labute approximate surface area is 94.2 Å². The number of rotatable bonds is 3. The molecule has 0 aromatic carbocycles. The minimum absolute atomic E-state index is 0.217. The standard InChI is InChI=1S/C11H17N3O2/c12-5-10-7-14(8-13-11(10)15)6-9-1-3-16-4-2-9/h7-9H,1-6,12H2. The fraction of sp³-hybridized carbons (Fsp3) is 0.636. The van der Waals surface area contributed by atoms with Gasteiger partial charge in [0, 0.05) is 38.1 Å². The molecule has 88 valence electrons. The predicted molar refractivity (Wildman–Crippen MR) is 59.9 cm³/mol. The molecular formula is C11H17N3O2. The van der Waals surface area contributed by atoms with E-state index in [-0.39, 0.29) is 12.1 Å². The molecule has 0 atom stereocenters. The summed E-state index contributed by atoms with van der Waals surface area (Å²) in [7, 11) is 0. The van der Waals surface area contributed by atoms with Crippen LogP contribution in [0.4, 0.5) is 0 Å². The lowest BCUT2D eigenvalue weighted by Gasteiger charge is -2.22. The number of hydrogen-bond donors (Lipinski definition) is 1. The number of ether oxygens (including phenoxy) is 1. The van der Waals surface area contributed by atoms with Gasteiger partial charge in [0.05, 0.1) is 6.33 Å². The van der Waals surface area contributed by atoms with Gasteiger partial charge in [0.2, 0.25) is 0 Å². The van der Waals surface area contributed by atoms with E-state index in [0.29, 0.717) is 11.5 Å². The van der Waals surface area contributed by atoms with Gasteiger partial charge >= 0.3 is 0 Å². The van der Waals surface area contributed by atoms with E-state index < -0.39 is 0 Å². The van der Waals surface area contributed by atoms with E-state index in [1.165, 1.54) is 0 Å². The maximum absolute atomic E-state index is 11.3. The highest BCUT2D eigenvalue weighted by Crippen LogP contribution is 2.16. The molecular weight excluding hydrogens is 206 g/mol. The van der Waals surface area contributed by atoms with Gasteiger partial charge in [-0.2, -0.15) is 4.98 Å². The van der Waals surface area contributed by atoms with Crippen molar-refractivity contribution in [2.24, 2.45) is 11.7 Å². The number of hydrogen-bond acceptors (Lipinski definition) is 4. The van der Waals surface area contributed by atoms with Gasteiger partial charge in [-0.1, -0.05) is 0 Å². The third kappa shape index (κ3) is 2.68. The molecule has 1 fully saturated rings. The minimum Gasteiger partial charge on any atom is -0.381 e. The molecule has 5 heteroatoms. The molecule has 2 heterocycles. The molecule has 2 rings (SSSR count). The molecule has 1 saturated heterocycles. The molecule has 0 unspecified atom stereocenters. The first kappa shape index (κ1) is 11.3. The lowest BCUT2D eigenvalue weighted by molar-refractivity contribution is 0.0611. The maximum atomic E-state index is 11.3. The van der Waals surface area contributed by atoms with Crippen LogP contribution >= 0.6 is 0 Å². The van der Waals surface area contributed by atoms with E-state index in [9.17, 15) is 4.79 Å². The quantitative estimate of drug-likeness (QED) is 0.790. The van der Waals surface area contributed by atoms with Crippen LogP contribution in [0.25, 0.3) is 0 Å². The first-order valence-electron chi connectivity index (χ1n) is 5.62. The highest BCUT2D eigenvalue weighted by Gasteiger charge is 2.14. The van der Waals surface area contributed by atoms with Crippen molar-refractivity contribution in [3.8, 4) is 0 Å². The van der Waals surface area contributed by atoms with Crippen LogP contribution in [0.5, 0.6) is 0 Å². The zero-order chi connectivity index (χ0) is 11.4. The van der Waals surface area contributed by atoms with Crippen molar-refractivity contribution < 1.29 is 4.74 Å². The molecule has 0 aliphatic carbocycles. The zero-order valence-electron chi connectivity index (χ0n) is 9.26. The van der Waals surface area contributed by atoms with Gasteiger partial charge in [0.25, 0.3) is 5.56 Å². The van der Waals surface area contributed by atoms with Crippen molar-refractivity contribution >= 4 is 0 Å². The third-order valence-corrected chi connectivity index (χ3v) is 2.95. The maximum Gasteiger partial charge on any atom is 0.277 e. The third-order valence-electron chi connectivity index (χ3n) is 2.95. The average Bonchev–Trinajstić information content (AvgIpc) is 2.33. The fourth-order valence-electron chi connectivity index (χ4n) is 1.97. The van der Waals surface area contributed by atoms with Gasteiger partial charge in [0.1, 0.15) is 0 Å². The van der Waals surface area contributed by atoms with Crippen molar-refractivity contribution in [1.29, 1.82) is 0 Å². The van der Waals surface area contributed by atoms with Crippen LogP contribution < -0.4 is 11.3 Å². The lowest BCUT2D eigenvalue weighted by Crippen LogP contribution is -2.23. The summed E-state index contributed by atoms with van der Waals surface area (Å²) in [4.78, 5) is 15.1. The molecule has 16 heavy (non-hydrogen) atoms. The molecule has 0 bridgehead atoms. The molecule has 1 aromatic heterocycles. The molecule has 0 amide bonds. The molecule has 1 aromatic rings. The molecule has 1 aliphatic rings. The van der Waals surface area contributed by atoms with Crippen molar-refractivity contribution in [2.45, 2.75) is 25.9 Å². The van der Waals surface area contributed by atoms with Gasteiger partial charge < -0.3 is 15.0 Å².